The van der Waals surface area contributed by atoms with Crippen molar-refractivity contribution in [3.63, 3.8) is 0 Å². The SMILES string of the molecule is C[C@H]1CC(=O)[C@]23CCCN(C(=O)C(F)(F)F)CCC[C@]24O[C@@H]4C[C@@H]3C1. The fourth-order valence-electron chi connectivity index (χ4n) is 6.06. The number of alkyl halides is 3. The van der Waals surface area contributed by atoms with Crippen LogP contribution in [0, 0.1) is 17.3 Å². The van der Waals surface area contributed by atoms with Gasteiger partial charge in [0.2, 0.25) is 0 Å². The molecule has 7 heteroatoms. The largest absolute Gasteiger partial charge is 0.471 e. The molecule has 4 rings (SSSR count). The van der Waals surface area contributed by atoms with Crippen molar-refractivity contribution in [2.24, 2.45) is 17.3 Å². The van der Waals surface area contributed by atoms with E-state index in [1.165, 1.54) is 0 Å². The van der Waals surface area contributed by atoms with Crippen LogP contribution in [0.15, 0.2) is 0 Å². The van der Waals surface area contributed by atoms with Gasteiger partial charge in [-0.3, -0.25) is 9.59 Å². The van der Waals surface area contributed by atoms with E-state index in [0.717, 1.165) is 17.7 Å². The molecule has 5 atom stereocenters. The van der Waals surface area contributed by atoms with Crippen LogP contribution in [0.3, 0.4) is 0 Å². The zero-order valence-electron chi connectivity index (χ0n) is 14.4. The topological polar surface area (TPSA) is 49.9 Å². The Morgan fingerprint density at radius 3 is 2.56 bits per heavy atom. The first-order valence-corrected chi connectivity index (χ1v) is 9.28. The summed E-state index contributed by atoms with van der Waals surface area (Å²) in [6.07, 6.45) is -0.308. The van der Waals surface area contributed by atoms with Crippen molar-refractivity contribution >= 4 is 11.7 Å². The van der Waals surface area contributed by atoms with Gasteiger partial charge < -0.3 is 9.64 Å². The fraction of sp³-hybridized carbons (Fsp3) is 0.889. The van der Waals surface area contributed by atoms with Gasteiger partial charge in [-0.25, -0.2) is 0 Å². The number of epoxide rings is 1. The minimum absolute atomic E-state index is 0.0659. The third-order valence-corrected chi connectivity index (χ3v) is 6.99. The average molecular weight is 359 g/mol. The second-order valence-electron chi connectivity index (χ2n) is 8.37. The van der Waals surface area contributed by atoms with E-state index < -0.39 is 23.1 Å². The molecule has 2 heterocycles. The first-order valence-electron chi connectivity index (χ1n) is 9.28. The summed E-state index contributed by atoms with van der Waals surface area (Å²) in [7, 11) is 0. The van der Waals surface area contributed by atoms with Crippen molar-refractivity contribution in [2.45, 2.75) is 69.8 Å². The molecule has 4 aliphatic rings. The van der Waals surface area contributed by atoms with Gasteiger partial charge >= 0.3 is 12.1 Å². The van der Waals surface area contributed by atoms with Crippen molar-refractivity contribution in [1.29, 1.82) is 0 Å². The van der Waals surface area contributed by atoms with Gasteiger partial charge in [0.15, 0.2) is 0 Å². The highest BCUT2D eigenvalue weighted by Gasteiger charge is 2.78. The third kappa shape index (κ3) is 2.37. The van der Waals surface area contributed by atoms with Crippen LogP contribution in [0.5, 0.6) is 0 Å². The summed E-state index contributed by atoms with van der Waals surface area (Å²) in [5, 5.41) is 0. The molecule has 0 bridgehead atoms. The molecule has 2 saturated carbocycles. The van der Waals surface area contributed by atoms with Gasteiger partial charge in [-0.1, -0.05) is 6.92 Å². The van der Waals surface area contributed by atoms with Crippen LogP contribution in [0.2, 0.25) is 0 Å². The summed E-state index contributed by atoms with van der Waals surface area (Å²) in [6, 6.07) is 0. The van der Waals surface area contributed by atoms with E-state index in [4.69, 9.17) is 4.74 Å². The van der Waals surface area contributed by atoms with Crippen molar-refractivity contribution < 1.29 is 27.5 Å². The second-order valence-corrected chi connectivity index (χ2v) is 8.37. The lowest BCUT2D eigenvalue weighted by Gasteiger charge is -2.45. The van der Waals surface area contributed by atoms with E-state index in [-0.39, 0.29) is 30.9 Å². The Balaban J connectivity index is 1.59. The normalized spacial score (nSPS) is 44.1. The monoisotopic (exact) mass is 359 g/mol. The van der Waals surface area contributed by atoms with Gasteiger partial charge in [-0.2, -0.15) is 13.2 Å². The Labute approximate surface area is 145 Å². The molecule has 2 aliphatic heterocycles. The number of hydrogen-bond donors (Lipinski definition) is 0. The predicted octanol–water partition coefficient (Wildman–Crippen LogP) is 3.09. The molecular weight excluding hydrogens is 335 g/mol. The van der Waals surface area contributed by atoms with Crippen molar-refractivity contribution in [3.8, 4) is 0 Å². The Kier molecular flexibility index (Phi) is 3.77. The number of hydrogen-bond acceptors (Lipinski definition) is 3. The maximum Gasteiger partial charge on any atom is 0.471 e. The molecule has 4 fully saturated rings. The summed E-state index contributed by atoms with van der Waals surface area (Å²) in [4.78, 5) is 25.6. The highest BCUT2D eigenvalue weighted by molar-refractivity contribution is 5.89. The lowest BCUT2D eigenvalue weighted by atomic mass is 9.57. The van der Waals surface area contributed by atoms with Crippen LogP contribution < -0.4 is 0 Å². The Morgan fingerprint density at radius 1 is 1.20 bits per heavy atom. The van der Waals surface area contributed by atoms with Crippen LogP contribution in [0.4, 0.5) is 13.2 Å². The first kappa shape index (κ1) is 17.3. The van der Waals surface area contributed by atoms with E-state index in [1.54, 1.807) is 0 Å². The van der Waals surface area contributed by atoms with E-state index in [1.807, 2.05) is 0 Å². The standard InChI is InChI=1S/C18H24F3NO3/c1-11-8-12-10-14-17(25-14)5-3-7-22(15(24)18(19,20)21)6-2-4-16(12,17)13(23)9-11/h11-12,14H,2-10H2,1H3/t11-,12+,14-,16-,17-/m1/s1. The zero-order valence-corrected chi connectivity index (χ0v) is 14.4. The van der Waals surface area contributed by atoms with Crippen molar-refractivity contribution in [1.82, 2.24) is 4.90 Å². The van der Waals surface area contributed by atoms with Crippen LogP contribution in [0.25, 0.3) is 0 Å². The van der Waals surface area contributed by atoms with Gasteiger partial charge in [-0.05, 0) is 50.4 Å². The Bertz CT molecular complexity index is 607. The van der Waals surface area contributed by atoms with Crippen molar-refractivity contribution in [3.05, 3.63) is 0 Å². The second kappa shape index (κ2) is 5.44. The fourth-order valence-corrected chi connectivity index (χ4v) is 6.06. The van der Waals surface area contributed by atoms with Crippen LogP contribution >= 0.6 is 0 Å². The molecule has 0 aromatic rings. The molecule has 0 radical (unpaired) electrons. The Morgan fingerprint density at radius 2 is 1.88 bits per heavy atom. The van der Waals surface area contributed by atoms with Crippen LogP contribution in [-0.4, -0.2) is 47.6 Å². The lowest BCUT2D eigenvalue weighted by molar-refractivity contribution is -0.185. The molecule has 2 saturated heterocycles. The molecule has 2 aliphatic carbocycles. The number of Topliss-reactive ketones (excluding diaryl/α,β-unsaturated/α-hetero) is 1. The smallest absolute Gasteiger partial charge is 0.365 e. The van der Waals surface area contributed by atoms with Gasteiger partial charge in [-0.15, -0.1) is 0 Å². The number of nitrogens with zero attached hydrogens (tertiary/aromatic N) is 1. The first-order chi connectivity index (χ1) is 11.7. The molecule has 0 aromatic carbocycles. The number of ether oxygens (including phenoxy) is 1. The van der Waals surface area contributed by atoms with Gasteiger partial charge in [0.25, 0.3) is 0 Å². The van der Waals surface area contributed by atoms with Crippen LogP contribution in [-0.2, 0) is 14.3 Å². The Hall–Kier alpha value is -1.11. The summed E-state index contributed by atoms with van der Waals surface area (Å²) in [5.41, 5.74) is -0.992. The number of amides is 1. The van der Waals surface area contributed by atoms with Crippen LogP contribution in [0.1, 0.15) is 51.9 Å². The number of halogens is 3. The van der Waals surface area contributed by atoms with E-state index in [2.05, 4.69) is 6.92 Å². The molecule has 2 spiro atoms. The summed E-state index contributed by atoms with van der Waals surface area (Å²) in [6.45, 7) is 2.25. The van der Waals surface area contributed by atoms with Gasteiger partial charge in [0.05, 0.1) is 11.5 Å². The predicted molar refractivity (Wildman–Crippen MR) is 82.7 cm³/mol. The highest BCUT2D eigenvalue weighted by atomic mass is 19.4. The quantitative estimate of drug-likeness (QED) is 0.625. The lowest BCUT2D eigenvalue weighted by Crippen LogP contribution is -2.51. The minimum atomic E-state index is -4.84. The maximum atomic E-state index is 13.1. The van der Waals surface area contributed by atoms with Crippen molar-refractivity contribution in [2.75, 3.05) is 13.1 Å². The van der Waals surface area contributed by atoms with Gasteiger partial charge in [0.1, 0.15) is 11.4 Å². The molecule has 1 amide bonds. The summed E-state index contributed by atoms with van der Waals surface area (Å²) in [5.74, 6) is -0.865. The number of ketones is 1. The molecular formula is C18H24F3NO3. The van der Waals surface area contributed by atoms with E-state index >= 15 is 0 Å². The summed E-state index contributed by atoms with van der Waals surface area (Å²) < 4.78 is 44.4. The third-order valence-electron chi connectivity index (χ3n) is 6.99. The highest BCUT2D eigenvalue weighted by Crippen LogP contribution is 2.70. The number of rotatable bonds is 0. The van der Waals surface area contributed by atoms with Gasteiger partial charge in [0, 0.05) is 19.5 Å². The minimum Gasteiger partial charge on any atom is -0.365 e. The average Bonchev–Trinajstić information content (AvgIpc) is 3.10. The molecule has 140 valence electrons. The number of carbonyl (C=O) groups is 2. The summed E-state index contributed by atoms with van der Waals surface area (Å²) >= 11 is 0. The molecule has 0 unspecified atom stereocenters. The van der Waals surface area contributed by atoms with E-state index in [0.29, 0.717) is 38.0 Å². The van der Waals surface area contributed by atoms with E-state index in [9.17, 15) is 22.8 Å². The molecule has 0 aromatic heterocycles. The molecule has 0 N–H and O–H groups in total. The number of carbonyl (C=O) groups excluding carboxylic acids is 2. The molecule has 4 nitrogen and oxygen atoms in total. The maximum absolute atomic E-state index is 13.1. The zero-order chi connectivity index (χ0) is 18.0. The molecule has 25 heavy (non-hydrogen) atoms.